The third kappa shape index (κ3) is 3.68. The molecule has 0 N–H and O–H groups in total. The van der Waals surface area contributed by atoms with Crippen molar-refractivity contribution < 1.29 is 13.2 Å². The number of carbonyl (C=O) groups excluding carboxylic acids is 1. The number of nitrogens with zero attached hydrogens (tertiary/aromatic N) is 4. The summed E-state index contributed by atoms with van der Waals surface area (Å²) in [7, 11) is -3.35. The molecule has 2 aromatic heterocycles. The summed E-state index contributed by atoms with van der Waals surface area (Å²) in [5.41, 5.74) is 2.37. The first-order valence-corrected chi connectivity index (χ1v) is 11.1. The number of fused-ring (bicyclic) bond motifs is 2. The van der Waals surface area contributed by atoms with Gasteiger partial charge in [-0.2, -0.15) is 4.99 Å². The van der Waals surface area contributed by atoms with Crippen molar-refractivity contribution in [3.8, 4) is 12.3 Å². The first kappa shape index (κ1) is 19.0. The predicted molar refractivity (Wildman–Crippen MR) is 111 cm³/mol. The third-order valence-electron chi connectivity index (χ3n) is 4.25. The highest BCUT2D eigenvalue weighted by atomic mass is 32.2. The largest absolute Gasteiger partial charge is 0.305 e. The summed E-state index contributed by atoms with van der Waals surface area (Å²) in [6, 6.07) is 9.75. The highest BCUT2D eigenvalue weighted by Gasteiger charge is 2.13. The van der Waals surface area contributed by atoms with Crippen molar-refractivity contribution in [3.05, 3.63) is 59.2 Å². The SMILES string of the molecule is C#CCn1c(=NC(=O)c2ccc3nccnc3c2)sc2cc(S(C)(=O)=O)ccc21. The van der Waals surface area contributed by atoms with E-state index in [0.29, 0.717) is 26.1 Å². The molecular formula is C20H14N4O3S2. The van der Waals surface area contributed by atoms with Crippen molar-refractivity contribution in [1.29, 1.82) is 0 Å². The van der Waals surface area contributed by atoms with Gasteiger partial charge in [0, 0.05) is 24.2 Å². The van der Waals surface area contributed by atoms with E-state index in [9.17, 15) is 13.2 Å². The fraction of sp³-hybridized carbons (Fsp3) is 0.100. The average molecular weight is 422 g/mol. The van der Waals surface area contributed by atoms with Crippen LogP contribution in [0.5, 0.6) is 0 Å². The number of thiazole rings is 1. The minimum atomic E-state index is -3.35. The zero-order valence-corrected chi connectivity index (χ0v) is 16.9. The number of amides is 1. The van der Waals surface area contributed by atoms with E-state index in [4.69, 9.17) is 6.42 Å². The second kappa shape index (κ2) is 7.24. The molecular weight excluding hydrogens is 408 g/mol. The minimum Gasteiger partial charge on any atom is -0.305 e. The Bertz CT molecular complexity index is 1490. The molecule has 0 saturated carbocycles. The van der Waals surface area contributed by atoms with Gasteiger partial charge in [-0.15, -0.1) is 6.42 Å². The number of hydrogen-bond acceptors (Lipinski definition) is 6. The molecule has 0 radical (unpaired) electrons. The molecule has 0 aliphatic rings. The second-order valence-electron chi connectivity index (χ2n) is 6.25. The molecule has 4 aromatic rings. The zero-order valence-electron chi connectivity index (χ0n) is 15.2. The molecule has 0 fully saturated rings. The first-order valence-electron chi connectivity index (χ1n) is 8.43. The van der Waals surface area contributed by atoms with Crippen LogP contribution in [0.15, 0.2) is 58.7 Å². The highest BCUT2D eigenvalue weighted by Crippen LogP contribution is 2.22. The molecule has 0 bridgehead atoms. The lowest BCUT2D eigenvalue weighted by Crippen LogP contribution is -2.16. The van der Waals surface area contributed by atoms with Crippen LogP contribution in [-0.4, -0.2) is 35.1 Å². The maximum absolute atomic E-state index is 12.7. The summed E-state index contributed by atoms with van der Waals surface area (Å²) < 4.78 is 26.1. The molecule has 0 spiro atoms. The molecule has 7 nitrogen and oxygen atoms in total. The van der Waals surface area contributed by atoms with E-state index in [1.54, 1.807) is 47.3 Å². The van der Waals surface area contributed by atoms with E-state index >= 15 is 0 Å². The zero-order chi connectivity index (χ0) is 20.6. The molecule has 9 heteroatoms. The Balaban J connectivity index is 1.86. The van der Waals surface area contributed by atoms with Crippen LogP contribution in [0, 0.1) is 12.3 Å². The van der Waals surface area contributed by atoms with Crippen molar-refractivity contribution in [2.24, 2.45) is 4.99 Å². The summed E-state index contributed by atoms with van der Waals surface area (Å²) in [5, 5.41) is 0. The van der Waals surface area contributed by atoms with Gasteiger partial charge in [-0.05, 0) is 36.4 Å². The fourth-order valence-corrected chi connectivity index (χ4v) is 4.65. The van der Waals surface area contributed by atoms with Crippen molar-refractivity contribution in [1.82, 2.24) is 14.5 Å². The lowest BCUT2D eigenvalue weighted by molar-refractivity contribution is 0.0998. The van der Waals surface area contributed by atoms with E-state index in [1.165, 1.54) is 17.4 Å². The van der Waals surface area contributed by atoms with Gasteiger partial charge < -0.3 is 4.57 Å². The van der Waals surface area contributed by atoms with Crippen LogP contribution in [0.4, 0.5) is 0 Å². The van der Waals surface area contributed by atoms with Gasteiger partial charge in [-0.1, -0.05) is 17.3 Å². The molecule has 29 heavy (non-hydrogen) atoms. The van der Waals surface area contributed by atoms with Gasteiger partial charge in [0.05, 0.1) is 32.7 Å². The van der Waals surface area contributed by atoms with E-state index in [1.807, 2.05) is 0 Å². The molecule has 2 heterocycles. The highest BCUT2D eigenvalue weighted by molar-refractivity contribution is 7.90. The van der Waals surface area contributed by atoms with Crippen molar-refractivity contribution in [2.45, 2.75) is 11.4 Å². The quantitative estimate of drug-likeness (QED) is 0.473. The Hall–Kier alpha value is -3.35. The van der Waals surface area contributed by atoms with E-state index in [0.717, 1.165) is 11.8 Å². The number of sulfone groups is 1. The van der Waals surface area contributed by atoms with Crippen LogP contribution in [0.1, 0.15) is 10.4 Å². The number of aromatic nitrogens is 3. The summed E-state index contributed by atoms with van der Waals surface area (Å²) in [6.07, 6.45) is 9.76. The Morgan fingerprint density at radius 1 is 1.17 bits per heavy atom. The second-order valence-corrected chi connectivity index (χ2v) is 9.28. The third-order valence-corrected chi connectivity index (χ3v) is 6.40. The van der Waals surface area contributed by atoms with Gasteiger partial charge in [0.2, 0.25) is 0 Å². The number of carbonyl (C=O) groups is 1. The lowest BCUT2D eigenvalue weighted by Gasteiger charge is -2.02. The van der Waals surface area contributed by atoms with Crippen molar-refractivity contribution in [3.63, 3.8) is 0 Å². The Labute approximate surface area is 170 Å². The number of terminal acetylenes is 1. The number of rotatable bonds is 3. The van der Waals surface area contributed by atoms with Crippen LogP contribution in [0.25, 0.3) is 21.3 Å². The summed E-state index contributed by atoms with van der Waals surface area (Å²) in [4.78, 5) is 26.0. The topological polar surface area (TPSA) is 94.3 Å². The van der Waals surface area contributed by atoms with Crippen LogP contribution in [0.2, 0.25) is 0 Å². The van der Waals surface area contributed by atoms with Gasteiger partial charge in [-0.25, -0.2) is 8.42 Å². The van der Waals surface area contributed by atoms with Crippen molar-refractivity contribution in [2.75, 3.05) is 6.26 Å². The van der Waals surface area contributed by atoms with Gasteiger partial charge in [0.25, 0.3) is 5.91 Å². The lowest BCUT2D eigenvalue weighted by atomic mass is 10.2. The summed E-state index contributed by atoms with van der Waals surface area (Å²) in [5.74, 6) is 2.10. The molecule has 0 aliphatic heterocycles. The number of benzene rings is 2. The van der Waals surface area contributed by atoms with E-state index < -0.39 is 15.7 Å². The average Bonchev–Trinajstić information content (AvgIpc) is 3.03. The molecule has 0 unspecified atom stereocenters. The summed E-state index contributed by atoms with van der Waals surface area (Å²) in [6.45, 7) is 0.202. The monoisotopic (exact) mass is 422 g/mol. The number of hydrogen-bond donors (Lipinski definition) is 0. The molecule has 2 aromatic carbocycles. The minimum absolute atomic E-state index is 0.199. The Kier molecular flexibility index (Phi) is 4.74. The predicted octanol–water partition coefficient (Wildman–Crippen LogP) is 2.42. The van der Waals surface area contributed by atoms with Crippen LogP contribution < -0.4 is 4.80 Å². The maximum Gasteiger partial charge on any atom is 0.279 e. The summed E-state index contributed by atoms with van der Waals surface area (Å²) >= 11 is 1.21. The molecule has 4 rings (SSSR count). The van der Waals surface area contributed by atoms with Crippen LogP contribution in [-0.2, 0) is 16.4 Å². The molecule has 0 aliphatic carbocycles. The van der Waals surface area contributed by atoms with E-state index in [-0.39, 0.29) is 11.4 Å². The molecule has 0 saturated heterocycles. The standard InChI is InChI=1S/C20H14N4O3S2/c1-3-10-24-17-7-5-14(29(2,26)27)12-18(17)28-20(24)23-19(25)13-4-6-15-16(11-13)22-9-8-21-15/h1,4-9,11-12H,10H2,2H3. The maximum atomic E-state index is 12.7. The van der Waals surface area contributed by atoms with E-state index in [2.05, 4.69) is 20.9 Å². The smallest absolute Gasteiger partial charge is 0.279 e. The van der Waals surface area contributed by atoms with Crippen LogP contribution in [0.3, 0.4) is 0 Å². The van der Waals surface area contributed by atoms with Crippen LogP contribution >= 0.6 is 11.3 Å². The van der Waals surface area contributed by atoms with Gasteiger partial charge >= 0.3 is 0 Å². The van der Waals surface area contributed by atoms with Crippen molar-refractivity contribution >= 4 is 48.3 Å². The molecule has 1 amide bonds. The molecule has 0 atom stereocenters. The first-order chi connectivity index (χ1) is 13.9. The fourth-order valence-electron chi connectivity index (χ4n) is 2.86. The Morgan fingerprint density at radius 3 is 2.66 bits per heavy atom. The normalized spacial score (nSPS) is 12.3. The van der Waals surface area contributed by atoms with Gasteiger partial charge in [0.15, 0.2) is 14.6 Å². The Morgan fingerprint density at radius 2 is 1.93 bits per heavy atom. The van der Waals surface area contributed by atoms with Gasteiger partial charge in [-0.3, -0.25) is 14.8 Å². The van der Waals surface area contributed by atoms with Gasteiger partial charge in [0.1, 0.15) is 0 Å². The molecule has 144 valence electrons.